The van der Waals surface area contributed by atoms with Gasteiger partial charge in [0.1, 0.15) is 5.49 Å². The van der Waals surface area contributed by atoms with Crippen molar-refractivity contribution in [3.05, 3.63) is 36.1 Å². The molecule has 0 unspecified atom stereocenters. The molecule has 13 heavy (non-hydrogen) atoms. The zero-order valence-electron chi connectivity index (χ0n) is 8.78. The zero-order valence-corrected chi connectivity index (χ0v) is 8.78. The third kappa shape index (κ3) is 3.69. The Balaban J connectivity index is 0.000000671. The van der Waals surface area contributed by atoms with Crippen molar-refractivity contribution in [2.24, 2.45) is 12.0 Å². The van der Waals surface area contributed by atoms with Gasteiger partial charge >= 0.3 is 0 Å². The second kappa shape index (κ2) is 6.17. The highest BCUT2D eigenvalue weighted by atomic mass is 15.3. The van der Waals surface area contributed by atoms with Crippen molar-refractivity contribution in [2.75, 3.05) is 0 Å². The van der Waals surface area contributed by atoms with Gasteiger partial charge in [-0.3, -0.25) is 4.68 Å². The summed E-state index contributed by atoms with van der Waals surface area (Å²) in [6.45, 7) is 9.50. The first-order valence-corrected chi connectivity index (χ1v) is 4.39. The van der Waals surface area contributed by atoms with Crippen LogP contribution in [0.5, 0.6) is 0 Å². The van der Waals surface area contributed by atoms with E-state index < -0.39 is 0 Å². The maximum Gasteiger partial charge on any atom is 0.148 e. The van der Waals surface area contributed by atoms with Gasteiger partial charge in [0, 0.05) is 13.2 Å². The number of aromatic nitrogens is 2. The van der Waals surface area contributed by atoms with Gasteiger partial charge in [-0.05, 0) is 18.6 Å². The van der Waals surface area contributed by atoms with Gasteiger partial charge in [0.2, 0.25) is 0 Å². The lowest BCUT2D eigenvalue weighted by atomic mass is 10.3. The molecule has 0 aliphatic heterocycles. The summed E-state index contributed by atoms with van der Waals surface area (Å²) in [4.78, 5) is 4.03. The van der Waals surface area contributed by atoms with Crippen molar-refractivity contribution in [3.8, 4) is 0 Å². The van der Waals surface area contributed by atoms with Gasteiger partial charge in [0.15, 0.2) is 0 Å². The van der Waals surface area contributed by atoms with Crippen LogP contribution in [-0.2, 0) is 7.05 Å². The van der Waals surface area contributed by atoms with Crippen LogP contribution >= 0.6 is 0 Å². The summed E-state index contributed by atoms with van der Waals surface area (Å²) in [5.74, 6) is 0. The highest BCUT2D eigenvalue weighted by Gasteiger charge is 1.87. The van der Waals surface area contributed by atoms with Crippen LogP contribution in [0.3, 0.4) is 0 Å². The van der Waals surface area contributed by atoms with E-state index in [-0.39, 0.29) is 0 Å². The molecule has 0 N–H and O–H groups in total. The summed E-state index contributed by atoms with van der Waals surface area (Å²) in [7, 11) is 1.85. The topological polar surface area (TPSA) is 30.2 Å². The Morgan fingerprint density at radius 1 is 1.54 bits per heavy atom. The van der Waals surface area contributed by atoms with Gasteiger partial charge in [-0.15, -0.1) is 0 Å². The summed E-state index contributed by atoms with van der Waals surface area (Å²) < 4.78 is 1.70. The highest BCUT2D eigenvalue weighted by Crippen LogP contribution is 1.84. The summed E-state index contributed by atoms with van der Waals surface area (Å²) in [5.41, 5.74) is 1.92. The first-order chi connectivity index (χ1) is 6.24. The molecule has 0 saturated heterocycles. The minimum atomic E-state index is 0.819. The minimum Gasteiger partial charge on any atom is -0.251 e. The van der Waals surface area contributed by atoms with Gasteiger partial charge in [0.05, 0.1) is 6.20 Å². The Labute approximate surface area is 79.5 Å². The smallest absolute Gasteiger partial charge is 0.148 e. The predicted octanol–water partition coefficient (Wildman–Crippen LogP) is 1.80. The molecular formula is C10H17N3. The zero-order chi connectivity index (χ0) is 10.3. The Morgan fingerprint density at radius 3 is 2.69 bits per heavy atom. The fourth-order valence-electron chi connectivity index (χ4n) is 0.785. The van der Waals surface area contributed by atoms with Crippen LogP contribution in [0.1, 0.15) is 19.4 Å². The second-order valence-electron chi connectivity index (χ2n) is 2.33. The molecule has 0 aromatic carbocycles. The van der Waals surface area contributed by atoms with Crippen LogP contribution < -0.4 is 5.49 Å². The largest absolute Gasteiger partial charge is 0.251 e. The molecule has 3 nitrogen and oxygen atoms in total. The maximum absolute atomic E-state index is 4.07. The molecule has 0 radical (unpaired) electrons. The summed E-state index contributed by atoms with van der Waals surface area (Å²) in [5, 5.41) is 4.07. The molecular weight excluding hydrogens is 162 g/mol. The Kier molecular flexibility index (Phi) is 5.52. The average Bonchev–Trinajstić information content (AvgIpc) is 2.15. The van der Waals surface area contributed by atoms with E-state index in [1.54, 1.807) is 10.9 Å². The average molecular weight is 179 g/mol. The highest BCUT2D eigenvalue weighted by molar-refractivity contribution is 5.02. The quantitative estimate of drug-likeness (QED) is 0.646. The first kappa shape index (κ1) is 11.6. The number of rotatable bonds is 1. The Bertz CT molecular complexity index is 323. The monoisotopic (exact) mass is 179 g/mol. The molecule has 0 bridgehead atoms. The van der Waals surface area contributed by atoms with E-state index in [9.17, 15) is 0 Å². The van der Waals surface area contributed by atoms with E-state index in [1.807, 2.05) is 33.9 Å². The number of aryl methyl sites for hydroxylation is 2. The van der Waals surface area contributed by atoms with E-state index >= 15 is 0 Å². The lowest BCUT2D eigenvalue weighted by Crippen LogP contribution is -2.19. The number of nitrogens with zero attached hydrogens (tertiary/aromatic N) is 3. The standard InChI is InChI=1S/C8H11N3.C2H6/c1-4-9-8-5-7(2)6-10-11(8)3;1-2/h4-6H,1H2,2-3H3;1-2H3. The summed E-state index contributed by atoms with van der Waals surface area (Å²) in [6.07, 6.45) is 3.30. The molecule has 1 heterocycles. The fourth-order valence-corrected chi connectivity index (χ4v) is 0.785. The van der Waals surface area contributed by atoms with Gasteiger partial charge in [-0.25, -0.2) is 4.99 Å². The molecule has 0 amide bonds. The third-order valence-electron chi connectivity index (χ3n) is 1.35. The Hall–Kier alpha value is -1.38. The van der Waals surface area contributed by atoms with E-state index in [1.165, 1.54) is 6.20 Å². The normalized spacial score (nSPS) is 10.3. The maximum atomic E-state index is 4.07. The molecule has 1 aromatic rings. The van der Waals surface area contributed by atoms with Gasteiger partial charge in [-0.2, -0.15) is 5.10 Å². The lowest BCUT2D eigenvalue weighted by Gasteiger charge is -1.97. The van der Waals surface area contributed by atoms with Crippen molar-refractivity contribution in [2.45, 2.75) is 20.8 Å². The van der Waals surface area contributed by atoms with Crippen LogP contribution in [0.25, 0.3) is 0 Å². The van der Waals surface area contributed by atoms with E-state index in [2.05, 4.69) is 16.7 Å². The van der Waals surface area contributed by atoms with Crippen molar-refractivity contribution >= 4 is 0 Å². The molecule has 1 aromatic heterocycles. The molecule has 0 atom stereocenters. The number of hydrogen-bond donors (Lipinski definition) is 0. The summed E-state index contributed by atoms with van der Waals surface area (Å²) in [6, 6.07) is 1.95. The molecule has 0 fully saturated rings. The van der Waals surface area contributed by atoms with Gasteiger partial charge in [0.25, 0.3) is 0 Å². The second-order valence-corrected chi connectivity index (χ2v) is 2.33. The van der Waals surface area contributed by atoms with Crippen LogP contribution in [-0.4, -0.2) is 9.78 Å². The van der Waals surface area contributed by atoms with Crippen molar-refractivity contribution in [1.29, 1.82) is 0 Å². The van der Waals surface area contributed by atoms with Crippen molar-refractivity contribution in [3.63, 3.8) is 0 Å². The molecule has 0 aliphatic carbocycles. The minimum absolute atomic E-state index is 0.819. The Morgan fingerprint density at radius 2 is 2.15 bits per heavy atom. The van der Waals surface area contributed by atoms with E-state index in [4.69, 9.17) is 0 Å². The van der Waals surface area contributed by atoms with Crippen LogP contribution in [0, 0.1) is 6.92 Å². The molecule has 0 aliphatic rings. The fraction of sp³-hybridized carbons (Fsp3) is 0.400. The van der Waals surface area contributed by atoms with E-state index in [0.717, 1.165) is 11.1 Å². The van der Waals surface area contributed by atoms with Gasteiger partial charge < -0.3 is 0 Å². The van der Waals surface area contributed by atoms with Gasteiger partial charge in [-0.1, -0.05) is 20.4 Å². The van der Waals surface area contributed by atoms with E-state index in [0.29, 0.717) is 0 Å². The molecule has 0 spiro atoms. The lowest BCUT2D eigenvalue weighted by molar-refractivity contribution is 0.688. The van der Waals surface area contributed by atoms with Crippen LogP contribution in [0.2, 0.25) is 0 Å². The molecule has 3 heteroatoms. The third-order valence-corrected chi connectivity index (χ3v) is 1.35. The van der Waals surface area contributed by atoms with Crippen LogP contribution in [0.4, 0.5) is 0 Å². The SMILES string of the molecule is C=CN=c1cc(C)cnn1C.CC. The first-order valence-electron chi connectivity index (χ1n) is 4.39. The molecule has 1 rings (SSSR count). The molecule has 0 saturated carbocycles. The van der Waals surface area contributed by atoms with Crippen molar-refractivity contribution in [1.82, 2.24) is 9.78 Å². The number of hydrogen-bond acceptors (Lipinski definition) is 2. The predicted molar refractivity (Wildman–Crippen MR) is 55.1 cm³/mol. The van der Waals surface area contributed by atoms with Crippen molar-refractivity contribution < 1.29 is 0 Å². The summed E-state index contributed by atoms with van der Waals surface area (Å²) >= 11 is 0. The van der Waals surface area contributed by atoms with Crippen LogP contribution in [0.15, 0.2) is 30.0 Å². The molecule has 72 valence electrons.